The molecule has 0 fully saturated rings. The first kappa shape index (κ1) is 11.0. The molecule has 66 valence electrons. The van der Waals surface area contributed by atoms with Crippen LogP contribution in [0.1, 0.15) is 0 Å². The van der Waals surface area contributed by atoms with Gasteiger partial charge in [0.2, 0.25) is 6.41 Å². The summed E-state index contributed by atoms with van der Waals surface area (Å²) in [7, 11) is 3.38. The van der Waals surface area contributed by atoms with E-state index in [0.29, 0.717) is 0 Å². The molecule has 0 spiro atoms. The van der Waals surface area contributed by atoms with Gasteiger partial charge in [-0.2, -0.15) is 0 Å². The van der Waals surface area contributed by atoms with Crippen LogP contribution < -0.4 is 0 Å². The van der Waals surface area contributed by atoms with E-state index in [1.165, 1.54) is 4.90 Å². The van der Waals surface area contributed by atoms with E-state index in [4.69, 9.17) is 0 Å². The molecule has 0 bridgehead atoms. The summed E-state index contributed by atoms with van der Waals surface area (Å²) in [5.74, 6) is 0. The van der Waals surface area contributed by atoms with Gasteiger partial charge < -0.3 is 4.90 Å². The van der Waals surface area contributed by atoms with Gasteiger partial charge in [-0.3, -0.25) is 4.79 Å². The van der Waals surface area contributed by atoms with E-state index in [9.17, 15) is 4.79 Å². The largest absolute Gasteiger partial charge is 0.351 e. The van der Waals surface area contributed by atoms with Crippen molar-refractivity contribution in [2.45, 2.75) is 4.90 Å². The maximum Gasteiger partial charge on any atom is 0.209 e. The molecule has 12 heavy (non-hydrogen) atoms. The summed E-state index contributed by atoms with van der Waals surface area (Å²) in [5.41, 5.74) is 0. The molecule has 1 aromatic carbocycles. The fourth-order valence-corrected chi connectivity index (χ4v) is 0.600. The molecular weight excluding hydrogens is 170 g/mol. The summed E-state index contributed by atoms with van der Waals surface area (Å²) < 4.78 is 0. The summed E-state index contributed by atoms with van der Waals surface area (Å²) >= 11 is 4.08. The molecule has 0 aliphatic rings. The second-order valence-corrected chi connectivity index (χ2v) is 2.92. The van der Waals surface area contributed by atoms with Crippen molar-refractivity contribution in [2.75, 3.05) is 14.1 Å². The van der Waals surface area contributed by atoms with Crippen molar-refractivity contribution in [1.82, 2.24) is 4.90 Å². The van der Waals surface area contributed by atoms with Crippen molar-refractivity contribution in [3.63, 3.8) is 0 Å². The molecule has 0 saturated carbocycles. The third-order valence-electron chi connectivity index (χ3n) is 0.967. The second-order valence-electron chi connectivity index (χ2n) is 2.40. The Morgan fingerprint density at radius 3 is 1.83 bits per heavy atom. The van der Waals surface area contributed by atoms with E-state index >= 15 is 0 Å². The van der Waals surface area contributed by atoms with Gasteiger partial charge in [0.05, 0.1) is 0 Å². The van der Waals surface area contributed by atoms with Crippen molar-refractivity contribution in [1.29, 1.82) is 0 Å². The van der Waals surface area contributed by atoms with Crippen LogP contribution in [0.3, 0.4) is 0 Å². The van der Waals surface area contributed by atoms with Gasteiger partial charge in [-0.05, 0) is 12.1 Å². The normalized spacial score (nSPS) is 7.92. The monoisotopic (exact) mass is 183 g/mol. The van der Waals surface area contributed by atoms with E-state index in [1.54, 1.807) is 14.1 Å². The second kappa shape index (κ2) is 6.73. The smallest absolute Gasteiger partial charge is 0.209 e. The fourth-order valence-electron chi connectivity index (χ4n) is 0.428. The zero-order chi connectivity index (χ0) is 9.40. The van der Waals surface area contributed by atoms with Crippen LogP contribution in [0.4, 0.5) is 0 Å². The van der Waals surface area contributed by atoms with Gasteiger partial charge in [-0.1, -0.05) is 18.2 Å². The Kier molecular flexibility index (Phi) is 6.19. The maximum absolute atomic E-state index is 9.43. The molecule has 2 nitrogen and oxygen atoms in total. The van der Waals surface area contributed by atoms with Crippen LogP contribution in [0.5, 0.6) is 0 Å². The van der Waals surface area contributed by atoms with Gasteiger partial charge in [0.15, 0.2) is 0 Å². The topological polar surface area (TPSA) is 20.3 Å². The van der Waals surface area contributed by atoms with E-state index in [2.05, 4.69) is 12.6 Å². The molecule has 0 N–H and O–H groups in total. The minimum absolute atomic E-state index is 0.750. The lowest BCUT2D eigenvalue weighted by molar-refractivity contribution is -0.115. The van der Waals surface area contributed by atoms with Gasteiger partial charge in [-0.15, -0.1) is 12.6 Å². The summed E-state index contributed by atoms with van der Waals surface area (Å²) in [4.78, 5) is 11.9. The molecule has 0 radical (unpaired) electrons. The molecule has 1 aromatic rings. The number of thiol groups is 1. The number of hydrogen-bond acceptors (Lipinski definition) is 2. The molecule has 0 unspecified atom stereocenters. The van der Waals surface area contributed by atoms with Gasteiger partial charge >= 0.3 is 0 Å². The molecule has 0 aliphatic heterocycles. The standard InChI is InChI=1S/C6H6S.C3H7NO/c7-6-4-2-1-3-5-6;1-4(2)3-5/h1-5,7H;3H,1-2H3. The highest BCUT2D eigenvalue weighted by molar-refractivity contribution is 7.80. The van der Waals surface area contributed by atoms with Crippen molar-refractivity contribution >= 4 is 19.0 Å². The van der Waals surface area contributed by atoms with E-state index in [0.717, 1.165) is 11.3 Å². The quantitative estimate of drug-likeness (QED) is 0.519. The highest BCUT2D eigenvalue weighted by Crippen LogP contribution is 2.00. The van der Waals surface area contributed by atoms with E-state index in [1.807, 2.05) is 30.3 Å². The number of hydrogen-bond donors (Lipinski definition) is 1. The van der Waals surface area contributed by atoms with Gasteiger partial charge in [-0.25, -0.2) is 0 Å². The first-order chi connectivity index (χ1) is 5.66. The molecule has 1 rings (SSSR count). The first-order valence-electron chi connectivity index (χ1n) is 3.52. The number of carbonyl (C=O) groups is 1. The third-order valence-corrected chi connectivity index (χ3v) is 1.27. The Hall–Kier alpha value is -0.960. The summed E-state index contributed by atoms with van der Waals surface area (Å²) in [6, 6.07) is 9.79. The minimum atomic E-state index is 0.750. The Bertz CT molecular complexity index is 211. The minimum Gasteiger partial charge on any atom is -0.351 e. The fraction of sp³-hybridized carbons (Fsp3) is 0.222. The van der Waals surface area contributed by atoms with Crippen LogP contribution in [0, 0.1) is 0 Å². The number of rotatable bonds is 1. The predicted molar refractivity (Wildman–Crippen MR) is 53.4 cm³/mol. The summed E-state index contributed by atoms with van der Waals surface area (Å²) in [5, 5.41) is 0. The Morgan fingerprint density at radius 2 is 1.67 bits per heavy atom. The molecule has 0 heterocycles. The Morgan fingerprint density at radius 1 is 1.25 bits per heavy atom. The third kappa shape index (κ3) is 7.15. The lowest BCUT2D eigenvalue weighted by atomic mass is 10.4. The van der Waals surface area contributed by atoms with Crippen molar-refractivity contribution < 1.29 is 4.79 Å². The number of benzene rings is 1. The van der Waals surface area contributed by atoms with Gasteiger partial charge in [0.1, 0.15) is 0 Å². The average Bonchev–Trinajstić information content (AvgIpc) is 2.07. The highest BCUT2D eigenvalue weighted by Gasteiger charge is 1.73. The number of nitrogens with zero attached hydrogens (tertiary/aromatic N) is 1. The Balaban J connectivity index is 0.000000217. The highest BCUT2D eigenvalue weighted by atomic mass is 32.1. The van der Waals surface area contributed by atoms with Crippen LogP contribution in [0.15, 0.2) is 35.2 Å². The van der Waals surface area contributed by atoms with Crippen LogP contribution in [-0.4, -0.2) is 25.4 Å². The molecule has 0 aliphatic carbocycles. The van der Waals surface area contributed by atoms with E-state index in [-0.39, 0.29) is 0 Å². The van der Waals surface area contributed by atoms with Crippen molar-refractivity contribution in [3.05, 3.63) is 30.3 Å². The molecule has 3 heteroatoms. The lowest BCUT2D eigenvalue weighted by Gasteiger charge is -1.93. The molecule has 0 aromatic heterocycles. The van der Waals surface area contributed by atoms with Crippen molar-refractivity contribution in [3.8, 4) is 0 Å². The zero-order valence-electron chi connectivity index (χ0n) is 7.27. The predicted octanol–water partition coefficient (Wildman–Crippen LogP) is 1.68. The first-order valence-corrected chi connectivity index (χ1v) is 3.97. The van der Waals surface area contributed by atoms with Crippen LogP contribution in [-0.2, 0) is 4.79 Å². The van der Waals surface area contributed by atoms with Crippen LogP contribution in [0.2, 0.25) is 0 Å². The summed E-state index contributed by atoms with van der Waals surface area (Å²) in [6.07, 6.45) is 0.750. The average molecular weight is 183 g/mol. The number of carbonyl (C=O) groups excluding carboxylic acids is 1. The molecular formula is C9H13NOS. The van der Waals surface area contributed by atoms with Crippen molar-refractivity contribution in [2.24, 2.45) is 0 Å². The van der Waals surface area contributed by atoms with Crippen LogP contribution >= 0.6 is 12.6 Å². The summed E-state index contributed by atoms with van der Waals surface area (Å²) in [6.45, 7) is 0. The molecule has 1 amide bonds. The lowest BCUT2D eigenvalue weighted by Crippen LogP contribution is -2.06. The van der Waals surface area contributed by atoms with Gasteiger partial charge in [0, 0.05) is 19.0 Å². The van der Waals surface area contributed by atoms with E-state index < -0.39 is 0 Å². The number of amides is 1. The SMILES string of the molecule is CN(C)C=O.Sc1ccccc1. The van der Waals surface area contributed by atoms with Crippen LogP contribution in [0.25, 0.3) is 0 Å². The zero-order valence-corrected chi connectivity index (χ0v) is 8.16. The van der Waals surface area contributed by atoms with Gasteiger partial charge in [0.25, 0.3) is 0 Å². The maximum atomic E-state index is 9.43. The Labute approximate surface area is 78.6 Å². The molecule has 0 saturated heterocycles. The molecule has 0 atom stereocenters.